The van der Waals surface area contributed by atoms with Gasteiger partial charge < -0.3 is 11.5 Å². The smallest absolute Gasteiger partial charge is 0.0476 e. The highest BCUT2D eigenvalue weighted by Crippen LogP contribution is 2.47. The lowest BCUT2D eigenvalue weighted by molar-refractivity contribution is 1.40. The standard InChI is InChI=1S/C38H32N2/c1-25-31(23-33(27-15-7-3-8-16-27)37(39)35(25)29-19-11-5-12-20-29)32-24-34(28-17-9-4-10-18-28)38(40)36(26(32)2)30-21-13-6-14-22-30/h3-24H,39-40H2,1-2H3. The van der Waals surface area contributed by atoms with Crippen LogP contribution in [-0.4, -0.2) is 0 Å². The summed E-state index contributed by atoms with van der Waals surface area (Å²) in [7, 11) is 0. The van der Waals surface area contributed by atoms with E-state index in [1.807, 2.05) is 24.3 Å². The molecular formula is C38H32N2. The van der Waals surface area contributed by atoms with E-state index in [1.54, 1.807) is 0 Å². The Labute approximate surface area is 236 Å². The van der Waals surface area contributed by atoms with Crippen LogP contribution < -0.4 is 11.5 Å². The summed E-state index contributed by atoms with van der Waals surface area (Å²) < 4.78 is 0. The summed E-state index contributed by atoms with van der Waals surface area (Å²) in [5.74, 6) is 0. The molecule has 0 saturated carbocycles. The second-order valence-electron chi connectivity index (χ2n) is 10.2. The van der Waals surface area contributed by atoms with Crippen molar-refractivity contribution in [1.82, 2.24) is 0 Å². The van der Waals surface area contributed by atoms with Crippen LogP contribution in [0.4, 0.5) is 11.4 Å². The van der Waals surface area contributed by atoms with Crippen LogP contribution in [-0.2, 0) is 0 Å². The van der Waals surface area contributed by atoms with Crippen LogP contribution in [0.1, 0.15) is 11.1 Å². The molecule has 2 nitrogen and oxygen atoms in total. The van der Waals surface area contributed by atoms with Gasteiger partial charge in [-0.1, -0.05) is 121 Å². The molecule has 2 heteroatoms. The molecule has 0 saturated heterocycles. The van der Waals surface area contributed by atoms with Crippen molar-refractivity contribution in [2.45, 2.75) is 13.8 Å². The highest BCUT2D eigenvalue weighted by Gasteiger charge is 2.22. The van der Waals surface area contributed by atoms with Crippen molar-refractivity contribution in [3.05, 3.63) is 145 Å². The molecule has 4 N–H and O–H groups in total. The van der Waals surface area contributed by atoms with Gasteiger partial charge in [-0.3, -0.25) is 0 Å². The van der Waals surface area contributed by atoms with Gasteiger partial charge in [-0.2, -0.15) is 0 Å². The molecule has 6 rings (SSSR count). The summed E-state index contributed by atoms with van der Waals surface area (Å²) in [4.78, 5) is 0. The second kappa shape index (κ2) is 10.6. The first kappa shape index (κ1) is 25.2. The molecule has 6 aromatic rings. The Morgan fingerprint density at radius 3 is 0.925 bits per heavy atom. The Kier molecular flexibility index (Phi) is 6.67. The third-order valence-corrected chi connectivity index (χ3v) is 7.84. The number of hydrogen-bond acceptors (Lipinski definition) is 2. The third kappa shape index (κ3) is 4.44. The molecule has 0 aliphatic rings. The van der Waals surface area contributed by atoms with Gasteiger partial charge in [0.2, 0.25) is 0 Å². The van der Waals surface area contributed by atoms with Gasteiger partial charge in [0.25, 0.3) is 0 Å². The Bertz CT molecular complexity index is 1650. The molecule has 0 atom stereocenters. The Balaban J connectivity index is 1.72. The van der Waals surface area contributed by atoms with Gasteiger partial charge in [-0.05, 0) is 70.5 Å². The van der Waals surface area contributed by atoms with Crippen LogP contribution in [0.5, 0.6) is 0 Å². The minimum Gasteiger partial charge on any atom is -0.398 e. The quantitative estimate of drug-likeness (QED) is 0.224. The van der Waals surface area contributed by atoms with Crippen LogP contribution in [0.3, 0.4) is 0 Å². The topological polar surface area (TPSA) is 52.0 Å². The molecule has 194 valence electrons. The van der Waals surface area contributed by atoms with Gasteiger partial charge in [0, 0.05) is 33.6 Å². The molecule has 6 aromatic carbocycles. The zero-order chi connectivity index (χ0) is 27.6. The maximum absolute atomic E-state index is 6.98. The third-order valence-electron chi connectivity index (χ3n) is 7.84. The number of anilines is 2. The van der Waals surface area contributed by atoms with Crippen molar-refractivity contribution in [2.75, 3.05) is 11.5 Å². The first-order chi connectivity index (χ1) is 19.5. The molecule has 0 bridgehead atoms. The van der Waals surface area contributed by atoms with Gasteiger partial charge in [0.1, 0.15) is 0 Å². The highest BCUT2D eigenvalue weighted by atomic mass is 14.6. The average Bonchev–Trinajstić information content (AvgIpc) is 3.00. The van der Waals surface area contributed by atoms with Crippen molar-refractivity contribution in [3.8, 4) is 55.6 Å². The predicted octanol–water partition coefficient (Wildman–Crippen LogP) is 9.80. The van der Waals surface area contributed by atoms with Gasteiger partial charge in [0.15, 0.2) is 0 Å². The molecular weight excluding hydrogens is 484 g/mol. The van der Waals surface area contributed by atoms with Crippen LogP contribution in [0.2, 0.25) is 0 Å². The summed E-state index contributed by atoms with van der Waals surface area (Å²) in [6.07, 6.45) is 0. The van der Waals surface area contributed by atoms with Gasteiger partial charge in [0.05, 0.1) is 0 Å². The van der Waals surface area contributed by atoms with Crippen molar-refractivity contribution in [1.29, 1.82) is 0 Å². The monoisotopic (exact) mass is 516 g/mol. The van der Waals surface area contributed by atoms with E-state index in [2.05, 4.69) is 123 Å². The summed E-state index contributed by atoms with van der Waals surface area (Å²) in [6, 6.07) is 46.2. The number of nitrogen functional groups attached to an aromatic ring is 2. The molecule has 40 heavy (non-hydrogen) atoms. The van der Waals surface area contributed by atoms with Crippen LogP contribution in [0.15, 0.2) is 133 Å². The first-order valence-electron chi connectivity index (χ1n) is 13.6. The number of benzene rings is 6. The van der Waals surface area contributed by atoms with Crippen LogP contribution in [0.25, 0.3) is 55.6 Å². The van der Waals surface area contributed by atoms with Gasteiger partial charge in [-0.15, -0.1) is 0 Å². The molecule has 0 radical (unpaired) electrons. The number of nitrogens with two attached hydrogens (primary N) is 2. The van der Waals surface area contributed by atoms with Crippen molar-refractivity contribution in [3.63, 3.8) is 0 Å². The SMILES string of the molecule is Cc1c(-c2cc(-c3ccccc3)c(N)c(-c3ccccc3)c2C)cc(-c2ccccc2)c(N)c1-c1ccccc1. The van der Waals surface area contributed by atoms with E-state index in [0.29, 0.717) is 0 Å². The Morgan fingerprint density at radius 2 is 0.625 bits per heavy atom. The van der Waals surface area contributed by atoms with Crippen molar-refractivity contribution < 1.29 is 0 Å². The molecule has 0 aromatic heterocycles. The number of rotatable bonds is 5. The predicted molar refractivity (Wildman–Crippen MR) is 172 cm³/mol. The largest absolute Gasteiger partial charge is 0.398 e. The van der Waals surface area contributed by atoms with Crippen LogP contribution >= 0.6 is 0 Å². The lowest BCUT2D eigenvalue weighted by Crippen LogP contribution is -2.03. The maximum atomic E-state index is 6.98. The molecule has 0 unspecified atom stereocenters. The number of hydrogen-bond donors (Lipinski definition) is 2. The van der Waals surface area contributed by atoms with Gasteiger partial charge >= 0.3 is 0 Å². The fourth-order valence-corrected chi connectivity index (χ4v) is 5.83. The van der Waals surface area contributed by atoms with E-state index in [4.69, 9.17) is 11.5 Å². The maximum Gasteiger partial charge on any atom is 0.0476 e. The molecule has 0 heterocycles. The molecule has 0 aliphatic heterocycles. The second-order valence-corrected chi connectivity index (χ2v) is 10.2. The van der Waals surface area contributed by atoms with E-state index in [9.17, 15) is 0 Å². The zero-order valence-electron chi connectivity index (χ0n) is 22.9. The van der Waals surface area contributed by atoms with Crippen molar-refractivity contribution >= 4 is 11.4 Å². The average molecular weight is 517 g/mol. The zero-order valence-corrected chi connectivity index (χ0v) is 22.9. The van der Waals surface area contributed by atoms with E-state index in [0.717, 1.165) is 78.1 Å². The summed E-state index contributed by atoms with van der Waals surface area (Å²) >= 11 is 0. The summed E-state index contributed by atoms with van der Waals surface area (Å²) in [5, 5.41) is 0. The molecule has 0 aliphatic carbocycles. The van der Waals surface area contributed by atoms with Crippen LogP contribution in [0, 0.1) is 13.8 Å². The minimum absolute atomic E-state index is 0.790. The minimum atomic E-state index is 0.790. The fraction of sp³-hybridized carbons (Fsp3) is 0.0526. The summed E-state index contributed by atoms with van der Waals surface area (Å²) in [5.41, 5.74) is 28.7. The molecule has 0 amide bonds. The molecule has 0 spiro atoms. The van der Waals surface area contributed by atoms with E-state index < -0.39 is 0 Å². The lowest BCUT2D eigenvalue weighted by atomic mass is 9.82. The summed E-state index contributed by atoms with van der Waals surface area (Å²) in [6.45, 7) is 4.37. The fourth-order valence-electron chi connectivity index (χ4n) is 5.83. The normalized spacial score (nSPS) is 10.9. The first-order valence-corrected chi connectivity index (χ1v) is 13.6. The van der Waals surface area contributed by atoms with E-state index in [-0.39, 0.29) is 0 Å². The van der Waals surface area contributed by atoms with Gasteiger partial charge in [-0.25, -0.2) is 0 Å². The molecule has 0 fully saturated rings. The Morgan fingerprint density at radius 1 is 0.350 bits per heavy atom. The van der Waals surface area contributed by atoms with E-state index >= 15 is 0 Å². The van der Waals surface area contributed by atoms with E-state index in [1.165, 1.54) is 0 Å². The lowest BCUT2D eigenvalue weighted by Gasteiger charge is -2.23. The highest BCUT2D eigenvalue weighted by molar-refractivity contribution is 6.00. The van der Waals surface area contributed by atoms with Crippen molar-refractivity contribution in [2.24, 2.45) is 0 Å². The Hall–Kier alpha value is -5.08.